The van der Waals surface area contributed by atoms with Crippen molar-refractivity contribution < 1.29 is 17.9 Å². The fourth-order valence-electron chi connectivity index (χ4n) is 1.04. The van der Waals surface area contributed by atoms with Gasteiger partial charge in [-0.1, -0.05) is 6.92 Å². The SMILES string of the molecule is CCC(C)S(=O)(=O)C1CNC(=O)O1. The maximum absolute atomic E-state index is 11.6. The highest BCUT2D eigenvalue weighted by Crippen LogP contribution is 2.16. The topological polar surface area (TPSA) is 72.5 Å². The average molecular weight is 207 g/mol. The number of ether oxygens (including phenoxy) is 1. The van der Waals surface area contributed by atoms with Crippen LogP contribution < -0.4 is 5.32 Å². The molecular formula is C7H13NO4S. The van der Waals surface area contributed by atoms with Crippen LogP contribution >= 0.6 is 0 Å². The predicted octanol–water partition coefficient (Wildman–Crippen LogP) is 0.266. The Morgan fingerprint density at radius 2 is 2.31 bits per heavy atom. The number of rotatable bonds is 3. The molecule has 0 aromatic heterocycles. The van der Waals surface area contributed by atoms with E-state index in [4.69, 9.17) is 0 Å². The fraction of sp³-hybridized carbons (Fsp3) is 0.857. The van der Waals surface area contributed by atoms with Crippen molar-refractivity contribution >= 4 is 15.9 Å². The smallest absolute Gasteiger partial charge is 0.408 e. The summed E-state index contributed by atoms with van der Waals surface area (Å²) in [5.74, 6) is 0. The van der Waals surface area contributed by atoms with Crippen molar-refractivity contribution in [2.24, 2.45) is 0 Å². The highest BCUT2D eigenvalue weighted by atomic mass is 32.2. The number of amides is 1. The predicted molar refractivity (Wildman–Crippen MR) is 46.9 cm³/mol. The van der Waals surface area contributed by atoms with Gasteiger partial charge < -0.3 is 10.1 Å². The minimum atomic E-state index is -3.33. The van der Waals surface area contributed by atoms with Crippen LogP contribution in [0.4, 0.5) is 4.79 Å². The number of carbonyl (C=O) groups excluding carboxylic acids is 1. The van der Waals surface area contributed by atoms with Crippen LogP contribution in [0.1, 0.15) is 20.3 Å². The van der Waals surface area contributed by atoms with Gasteiger partial charge in [-0.3, -0.25) is 0 Å². The number of carbonyl (C=O) groups is 1. The van der Waals surface area contributed by atoms with Crippen molar-refractivity contribution in [3.05, 3.63) is 0 Å². The zero-order valence-electron chi connectivity index (χ0n) is 7.61. The van der Waals surface area contributed by atoms with Crippen LogP contribution in [-0.2, 0) is 14.6 Å². The largest absolute Gasteiger partial charge is 0.428 e. The maximum atomic E-state index is 11.6. The van der Waals surface area contributed by atoms with E-state index in [1.54, 1.807) is 13.8 Å². The first-order valence-corrected chi connectivity index (χ1v) is 5.76. The van der Waals surface area contributed by atoms with Crippen molar-refractivity contribution in [2.75, 3.05) is 6.54 Å². The van der Waals surface area contributed by atoms with Gasteiger partial charge in [0.05, 0.1) is 11.8 Å². The van der Waals surface area contributed by atoms with Crippen LogP contribution in [0.5, 0.6) is 0 Å². The molecule has 0 radical (unpaired) electrons. The van der Waals surface area contributed by atoms with Gasteiger partial charge in [0.25, 0.3) is 0 Å². The summed E-state index contributed by atoms with van der Waals surface area (Å²) in [6.07, 6.45) is -0.131. The van der Waals surface area contributed by atoms with Gasteiger partial charge in [0.2, 0.25) is 5.44 Å². The summed E-state index contributed by atoms with van der Waals surface area (Å²) in [4.78, 5) is 10.6. The second kappa shape index (κ2) is 3.53. The van der Waals surface area contributed by atoms with Crippen LogP contribution in [0.25, 0.3) is 0 Å². The van der Waals surface area contributed by atoms with Gasteiger partial charge in [-0.15, -0.1) is 0 Å². The van der Waals surface area contributed by atoms with Gasteiger partial charge in [0.15, 0.2) is 9.84 Å². The minimum absolute atomic E-state index is 0.0610. The molecule has 0 saturated carbocycles. The number of nitrogens with one attached hydrogen (secondary N) is 1. The summed E-state index contributed by atoms with van der Waals surface area (Å²) in [6.45, 7) is 3.46. The molecule has 1 heterocycles. The maximum Gasteiger partial charge on any atom is 0.408 e. The third kappa shape index (κ3) is 1.93. The Bertz CT molecular complexity index is 298. The lowest BCUT2D eigenvalue weighted by atomic mass is 10.4. The summed E-state index contributed by atoms with van der Waals surface area (Å²) >= 11 is 0. The Labute approximate surface area is 77.4 Å². The Morgan fingerprint density at radius 3 is 2.69 bits per heavy atom. The molecule has 1 saturated heterocycles. The van der Waals surface area contributed by atoms with Crippen LogP contribution in [0.15, 0.2) is 0 Å². The van der Waals surface area contributed by atoms with Crippen LogP contribution in [0.3, 0.4) is 0 Å². The molecule has 6 heteroatoms. The zero-order valence-corrected chi connectivity index (χ0v) is 8.43. The van der Waals surface area contributed by atoms with Crippen molar-refractivity contribution in [3.63, 3.8) is 0 Å². The van der Waals surface area contributed by atoms with E-state index < -0.39 is 26.6 Å². The third-order valence-corrected chi connectivity index (χ3v) is 4.60. The van der Waals surface area contributed by atoms with Crippen molar-refractivity contribution in [1.29, 1.82) is 0 Å². The van der Waals surface area contributed by atoms with E-state index >= 15 is 0 Å². The Morgan fingerprint density at radius 1 is 1.69 bits per heavy atom. The van der Waals surface area contributed by atoms with Gasteiger partial charge in [0, 0.05) is 0 Å². The quantitative estimate of drug-likeness (QED) is 0.720. The summed E-state index contributed by atoms with van der Waals surface area (Å²) in [5, 5.41) is 1.85. The number of sulfone groups is 1. The zero-order chi connectivity index (χ0) is 10.1. The first-order chi connectivity index (χ1) is 5.98. The second-order valence-electron chi connectivity index (χ2n) is 3.02. The molecule has 1 fully saturated rings. The average Bonchev–Trinajstić information content (AvgIpc) is 2.50. The monoisotopic (exact) mass is 207 g/mol. The van der Waals surface area contributed by atoms with Gasteiger partial charge in [0.1, 0.15) is 0 Å². The minimum Gasteiger partial charge on any atom is -0.428 e. The first kappa shape index (κ1) is 10.3. The second-order valence-corrected chi connectivity index (χ2v) is 5.53. The normalized spacial score (nSPS) is 25.1. The number of hydrogen-bond donors (Lipinski definition) is 1. The third-order valence-electron chi connectivity index (χ3n) is 2.15. The molecule has 2 unspecified atom stereocenters. The van der Waals surface area contributed by atoms with E-state index in [1.807, 2.05) is 0 Å². The van der Waals surface area contributed by atoms with E-state index in [1.165, 1.54) is 0 Å². The molecule has 1 aliphatic rings. The Kier molecular flexibility index (Phi) is 2.80. The molecule has 0 aromatic carbocycles. The van der Waals surface area contributed by atoms with Crippen molar-refractivity contribution in [2.45, 2.75) is 31.0 Å². The van der Waals surface area contributed by atoms with Gasteiger partial charge in [-0.2, -0.15) is 0 Å². The molecule has 0 bridgehead atoms. The number of cyclic esters (lactones) is 1. The summed E-state index contributed by atoms with van der Waals surface area (Å²) < 4.78 is 27.8. The van der Waals surface area contributed by atoms with Crippen molar-refractivity contribution in [3.8, 4) is 0 Å². The fourth-order valence-corrected chi connectivity index (χ4v) is 2.56. The molecule has 0 spiro atoms. The molecule has 2 atom stereocenters. The van der Waals surface area contributed by atoms with E-state index in [2.05, 4.69) is 10.1 Å². The van der Waals surface area contributed by atoms with Crippen LogP contribution in [0.2, 0.25) is 0 Å². The molecule has 1 aliphatic heterocycles. The highest BCUT2D eigenvalue weighted by Gasteiger charge is 2.37. The Balaban J connectivity index is 2.76. The molecule has 5 nitrogen and oxygen atoms in total. The lowest BCUT2D eigenvalue weighted by Crippen LogP contribution is -2.32. The molecule has 0 aromatic rings. The van der Waals surface area contributed by atoms with Gasteiger partial charge >= 0.3 is 6.09 Å². The van der Waals surface area contributed by atoms with E-state index in [9.17, 15) is 13.2 Å². The van der Waals surface area contributed by atoms with E-state index in [0.29, 0.717) is 6.42 Å². The molecule has 1 N–H and O–H groups in total. The van der Waals surface area contributed by atoms with Gasteiger partial charge in [-0.25, -0.2) is 13.2 Å². The van der Waals surface area contributed by atoms with E-state index in [-0.39, 0.29) is 6.54 Å². The molecule has 13 heavy (non-hydrogen) atoms. The summed E-state index contributed by atoms with van der Waals surface area (Å²) in [6, 6.07) is 0. The highest BCUT2D eigenvalue weighted by molar-refractivity contribution is 7.92. The first-order valence-electron chi connectivity index (χ1n) is 4.15. The lowest BCUT2D eigenvalue weighted by Gasteiger charge is -2.14. The molecule has 0 aliphatic carbocycles. The number of alkyl carbamates (subject to hydrolysis) is 1. The number of hydrogen-bond acceptors (Lipinski definition) is 4. The van der Waals surface area contributed by atoms with E-state index in [0.717, 1.165) is 0 Å². The molecule has 76 valence electrons. The van der Waals surface area contributed by atoms with Crippen LogP contribution in [0, 0.1) is 0 Å². The molecule has 1 rings (SSSR count). The van der Waals surface area contributed by atoms with Crippen LogP contribution in [-0.4, -0.2) is 31.7 Å². The summed E-state index contributed by atoms with van der Waals surface area (Å²) in [5.41, 5.74) is -1.00. The van der Waals surface area contributed by atoms with Crippen molar-refractivity contribution in [1.82, 2.24) is 5.32 Å². The Hall–Kier alpha value is -0.780. The molecular weight excluding hydrogens is 194 g/mol. The van der Waals surface area contributed by atoms with Gasteiger partial charge in [-0.05, 0) is 13.3 Å². The lowest BCUT2D eigenvalue weighted by molar-refractivity contribution is 0.166. The molecule has 1 amide bonds. The summed E-state index contributed by atoms with van der Waals surface area (Å²) in [7, 11) is -3.33. The standard InChI is InChI=1S/C7H13NO4S/c1-3-5(2)13(10,11)6-4-8-7(9)12-6/h5-6H,3-4H2,1-2H3,(H,8,9).